The summed E-state index contributed by atoms with van der Waals surface area (Å²) in [4.78, 5) is 50.9. The molecule has 0 radical (unpaired) electrons. The Balaban J connectivity index is 1.30. The number of rotatable bonds is 7. The Hall–Kier alpha value is -4.41. The molecule has 2 aromatic carbocycles. The molecule has 0 saturated carbocycles. The van der Waals surface area contributed by atoms with Gasteiger partial charge >= 0.3 is 5.95 Å². The lowest BCUT2D eigenvalue weighted by molar-refractivity contribution is -0.368. The van der Waals surface area contributed by atoms with Crippen molar-refractivity contribution in [3.05, 3.63) is 95.3 Å². The van der Waals surface area contributed by atoms with E-state index in [1.807, 2.05) is 42.5 Å². The second-order valence-corrected chi connectivity index (χ2v) is 8.92. The van der Waals surface area contributed by atoms with Gasteiger partial charge in [0.2, 0.25) is 0 Å². The number of fused-ring (bicyclic) bond motifs is 1. The van der Waals surface area contributed by atoms with E-state index in [1.165, 1.54) is 17.3 Å². The van der Waals surface area contributed by atoms with Crippen LogP contribution in [0.25, 0.3) is 6.08 Å². The number of carbonyl (C=O) groups excluding carboxylic acids is 3. The average molecular weight is 500 g/mol. The third-order valence-corrected chi connectivity index (χ3v) is 6.63. The van der Waals surface area contributed by atoms with E-state index in [9.17, 15) is 14.4 Å². The Morgan fingerprint density at radius 3 is 2.24 bits per heavy atom. The van der Waals surface area contributed by atoms with Crippen LogP contribution in [0.3, 0.4) is 0 Å². The molecular weight excluding hydrogens is 472 g/mol. The summed E-state index contributed by atoms with van der Waals surface area (Å²) < 4.78 is 0. The largest absolute Gasteiger partial charge is 0.391 e. The number of carbonyl (C=O) groups is 3. The highest BCUT2D eigenvalue weighted by Crippen LogP contribution is 2.26. The zero-order valence-corrected chi connectivity index (χ0v) is 20.1. The van der Waals surface area contributed by atoms with Gasteiger partial charge in [-0.2, -0.15) is 0 Å². The zero-order valence-electron chi connectivity index (χ0n) is 20.1. The first-order valence-corrected chi connectivity index (χ1v) is 12.0. The number of piperazine rings is 1. The molecule has 2 aliphatic rings. The van der Waals surface area contributed by atoms with Gasteiger partial charge in [-0.3, -0.25) is 34.3 Å². The fourth-order valence-electron chi connectivity index (χ4n) is 4.64. The van der Waals surface area contributed by atoms with Gasteiger partial charge in [0.1, 0.15) is 11.8 Å². The minimum Gasteiger partial charge on any atom is -0.295 e. The lowest BCUT2D eigenvalue weighted by atomic mass is 10.1. The van der Waals surface area contributed by atoms with Gasteiger partial charge in [0, 0.05) is 19.6 Å². The second-order valence-electron chi connectivity index (χ2n) is 8.92. The molecule has 3 aromatic rings. The predicted molar refractivity (Wildman–Crippen MR) is 135 cm³/mol. The molecule has 2 aliphatic heterocycles. The lowest BCUT2D eigenvalue weighted by Gasteiger charge is -2.34. The first kappa shape index (κ1) is 24.3. The number of anilines is 1. The summed E-state index contributed by atoms with van der Waals surface area (Å²) in [5.74, 6) is -0.557. The van der Waals surface area contributed by atoms with Crippen LogP contribution in [0.1, 0.15) is 36.6 Å². The van der Waals surface area contributed by atoms with Gasteiger partial charge in [-0.05, 0) is 17.7 Å². The van der Waals surface area contributed by atoms with Crippen molar-refractivity contribution in [1.82, 2.24) is 20.3 Å². The summed E-state index contributed by atoms with van der Waals surface area (Å²) in [5, 5.41) is 8.77. The van der Waals surface area contributed by atoms with Crippen molar-refractivity contribution in [3.63, 3.8) is 0 Å². The number of nitrogens with one attached hydrogen (secondary N) is 2. The third-order valence-electron chi connectivity index (χ3n) is 6.63. The molecule has 1 atom stereocenters. The van der Waals surface area contributed by atoms with E-state index in [0.29, 0.717) is 49.8 Å². The van der Waals surface area contributed by atoms with Crippen LogP contribution in [0, 0.1) is 0 Å². The normalized spacial score (nSPS) is 16.8. The molecule has 1 saturated heterocycles. The van der Waals surface area contributed by atoms with Crippen LogP contribution in [-0.4, -0.2) is 76.5 Å². The molecule has 1 aromatic heterocycles. The quantitative estimate of drug-likeness (QED) is 0.287. The van der Waals surface area contributed by atoms with Crippen LogP contribution < -0.4 is 15.4 Å². The average Bonchev–Trinajstić information content (AvgIpc) is 3.21. The molecule has 3 N–H and O–H groups in total. The SMILES string of the molecule is O=C(NO)c1cnc(N2CCN(CC(/C=C/c3ccccc3)N3C(=O)c4ccccc4C3=O)CC2)[nH+]c1. The van der Waals surface area contributed by atoms with Gasteiger partial charge in [0.05, 0.1) is 36.5 Å². The Labute approximate surface area is 213 Å². The summed E-state index contributed by atoms with van der Waals surface area (Å²) >= 11 is 0. The Morgan fingerprint density at radius 2 is 1.65 bits per heavy atom. The molecule has 188 valence electrons. The highest BCUT2D eigenvalue weighted by molar-refractivity contribution is 6.21. The van der Waals surface area contributed by atoms with Crippen LogP contribution in [-0.2, 0) is 0 Å². The van der Waals surface area contributed by atoms with Crippen molar-refractivity contribution in [2.24, 2.45) is 0 Å². The summed E-state index contributed by atoms with van der Waals surface area (Å²) in [5.41, 5.74) is 3.68. The smallest absolute Gasteiger partial charge is 0.295 e. The highest BCUT2D eigenvalue weighted by Gasteiger charge is 2.40. The van der Waals surface area contributed by atoms with Crippen molar-refractivity contribution >= 4 is 29.7 Å². The number of aromatic amines is 1. The summed E-state index contributed by atoms with van der Waals surface area (Å²) in [7, 11) is 0. The van der Waals surface area contributed by atoms with Gasteiger partial charge in [-0.25, -0.2) is 10.5 Å². The number of hydrogen-bond donors (Lipinski definition) is 2. The van der Waals surface area contributed by atoms with E-state index in [4.69, 9.17) is 5.21 Å². The first-order valence-electron chi connectivity index (χ1n) is 12.0. The molecule has 0 bridgehead atoms. The van der Waals surface area contributed by atoms with E-state index < -0.39 is 11.9 Å². The number of aromatic nitrogens is 2. The first-order chi connectivity index (χ1) is 18.0. The summed E-state index contributed by atoms with van der Waals surface area (Å²) in [6, 6.07) is 16.3. The van der Waals surface area contributed by atoms with Gasteiger partial charge in [-0.1, -0.05) is 59.6 Å². The number of H-pyrrole nitrogens is 1. The molecule has 0 aliphatic carbocycles. The van der Waals surface area contributed by atoms with Crippen molar-refractivity contribution in [1.29, 1.82) is 0 Å². The number of hydroxylamine groups is 1. The fourth-order valence-corrected chi connectivity index (χ4v) is 4.64. The van der Waals surface area contributed by atoms with Crippen molar-refractivity contribution in [2.75, 3.05) is 37.6 Å². The molecule has 1 fully saturated rings. The molecular formula is C27H27N6O4+. The Kier molecular flexibility index (Phi) is 7.02. The highest BCUT2D eigenvalue weighted by atomic mass is 16.5. The van der Waals surface area contributed by atoms with Crippen LogP contribution in [0.4, 0.5) is 5.95 Å². The number of imide groups is 1. The van der Waals surface area contributed by atoms with Crippen LogP contribution in [0.15, 0.2) is 73.1 Å². The number of hydrogen-bond acceptors (Lipinski definition) is 7. The monoisotopic (exact) mass is 499 g/mol. The summed E-state index contributed by atoms with van der Waals surface area (Å²) in [6.45, 7) is 3.26. The molecule has 3 heterocycles. The number of nitrogens with zero attached hydrogens (tertiary/aromatic N) is 4. The van der Waals surface area contributed by atoms with E-state index in [1.54, 1.807) is 29.7 Å². The fraction of sp³-hybridized carbons (Fsp3) is 0.222. The van der Waals surface area contributed by atoms with E-state index in [-0.39, 0.29) is 17.4 Å². The molecule has 10 nitrogen and oxygen atoms in total. The Morgan fingerprint density at radius 1 is 1.00 bits per heavy atom. The molecule has 0 spiro atoms. The van der Waals surface area contributed by atoms with Gasteiger partial charge in [0.25, 0.3) is 17.7 Å². The molecule has 37 heavy (non-hydrogen) atoms. The maximum atomic E-state index is 13.2. The lowest BCUT2D eigenvalue weighted by Crippen LogP contribution is -2.53. The van der Waals surface area contributed by atoms with Gasteiger partial charge in [-0.15, -0.1) is 0 Å². The Bertz CT molecular complexity index is 1290. The van der Waals surface area contributed by atoms with Gasteiger partial charge in [0.15, 0.2) is 0 Å². The predicted octanol–water partition coefficient (Wildman–Crippen LogP) is 1.51. The second kappa shape index (κ2) is 10.7. The summed E-state index contributed by atoms with van der Waals surface area (Å²) in [6.07, 6.45) is 6.78. The topological polar surface area (TPSA) is 120 Å². The van der Waals surface area contributed by atoms with E-state index in [0.717, 1.165) is 5.56 Å². The van der Waals surface area contributed by atoms with E-state index >= 15 is 0 Å². The molecule has 3 amide bonds. The van der Waals surface area contributed by atoms with Crippen LogP contribution >= 0.6 is 0 Å². The van der Waals surface area contributed by atoms with Crippen molar-refractivity contribution in [3.8, 4) is 0 Å². The molecule has 5 rings (SSSR count). The maximum absolute atomic E-state index is 13.2. The van der Waals surface area contributed by atoms with Crippen molar-refractivity contribution < 1.29 is 24.6 Å². The number of amides is 3. The molecule has 10 heteroatoms. The van der Waals surface area contributed by atoms with Gasteiger partial charge < -0.3 is 0 Å². The number of benzene rings is 2. The van der Waals surface area contributed by atoms with Crippen molar-refractivity contribution in [2.45, 2.75) is 6.04 Å². The minimum absolute atomic E-state index is 0.221. The standard InChI is InChI=1S/C27H26N6O4/c34-24(30-37)20-16-28-27(29-17-20)32-14-12-31(13-15-32)18-21(11-10-19-6-2-1-3-7-19)33-25(35)22-8-4-5-9-23(22)26(33)36/h1-11,16-17,21,37H,12-15,18H2,(H,30,34)/p+1/b11-10+. The maximum Gasteiger partial charge on any atom is 0.391 e. The molecule has 1 unspecified atom stereocenters. The van der Waals surface area contributed by atoms with E-state index in [2.05, 4.69) is 19.8 Å². The minimum atomic E-state index is -0.636. The zero-order chi connectivity index (χ0) is 25.8. The third kappa shape index (κ3) is 5.11. The van der Waals surface area contributed by atoms with Crippen LogP contribution in [0.2, 0.25) is 0 Å². The van der Waals surface area contributed by atoms with Crippen LogP contribution in [0.5, 0.6) is 0 Å².